The second kappa shape index (κ2) is 6.50. The summed E-state index contributed by atoms with van der Waals surface area (Å²) in [6.07, 6.45) is 0. The van der Waals surface area contributed by atoms with Crippen LogP contribution in [0.5, 0.6) is 11.5 Å². The van der Waals surface area contributed by atoms with Crippen molar-refractivity contribution in [3.05, 3.63) is 69.1 Å². The Morgan fingerprint density at radius 1 is 1.19 bits per heavy atom. The summed E-state index contributed by atoms with van der Waals surface area (Å²) in [5.41, 5.74) is 4.33. The lowest BCUT2D eigenvalue weighted by Gasteiger charge is -2.30. The fourth-order valence-electron chi connectivity index (χ4n) is 3.60. The van der Waals surface area contributed by atoms with Gasteiger partial charge in [-0.1, -0.05) is 18.2 Å². The average Bonchev–Trinajstić information content (AvgIpc) is 2.63. The third-order valence-corrected chi connectivity index (χ3v) is 4.87. The summed E-state index contributed by atoms with van der Waals surface area (Å²) >= 11 is 0. The zero-order chi connectivity index (χ0) is 18.3. The molecule has 0 saturated carbocycles. The number of para-hydroxylation sites is 1. The maximum Gasteiger partial charge on any atom is 0.336 e. The fraction of sp³-hybridized carbons (Fsp3) is 0.286. The summed E-state index contributed by atoms with van der Waals surface area (Å²) in [4.78, 5) is 13.9. The number of hydrogen-bond acceptors (Lipinski definition) is 5. The van der Waals surface area contributed by atoms with Gasteiger partial charge in [0.25, 0.3) is 0 Å². The van der Waals surface area contributed by atoms with Crippen molar-refractivity contribution in [3.63, 3.8) is 0 Å². The van der Waals surface area contributed by atoms with Gasteiger partial charge < -0.3 is 13.9 Å². The Bertz CT molecular complexity index is 1040. The van der Waals surface area contributed by atoms with E-state index >= 15 is 0 Å². The van der Waals surface area contributed by atoms with E-state index in [-0.39, 0.29) is 5.63 Å². The topological polar surface area (TPSA) is 51.9 Å². The van der Waals surface area contributed by atoms with E-state index in [1.54, 1.807) is 7.11 Å². The van der Waals surface area contributed by atoms with Gasteiger partial charge in [0, 0.05) is 41.2 Å². The minimum Gasteiger partial charge on any atom is -0.496 e. The first-order valence-corrected chi connectivity index (χ1v) is 8.61. The molecule has 5 heteroatoms. The molecule has 0 atom stereocenters. The molecule has 0 unspecified atom stereocenters. The third-order valence-electron chi connectivity index (χ3n) is 4.87. The molecule has 1 aliphatic heterocycles. The Labute approximate surface area is 151 Å². The van der Waals surface area contributed by atoms with Crippen LogP contribution in [-0.4, -0.2) is 18.7 Å². The van der Waals surface area contributed by atoms with E-state index in [2.05, 4.69) is 17.0 Å². The van der Waals surface area contributed by atoms with E-state index in [4.69, 9.17) is 13.9 Å². The fourth-order valence-corrected chi connectivity index (χ4v) is 3.60. The van der Waals surface area contributed by atoms with Crippen LogP contribution >= 0.6 is 0 Å². The normalized spacial score (nSPS) is 14.1. The van der Waals surface area contributed by atoms with Crippen LogP contribution in [0, 0.1) is 13.8 Å². The van der Waals surface area contributed by atoms with Crippen molar-refractivity contribution in [2.24, 2.45) is 0 Å². The van der Waals surface area contributed by atoms with E-state index in [0.717, 1.165) is 52.2 Å². The van der Waals surface area contributed by atoms with Gasteiger partial charge in [0.15, 0.2) is 0 Å². The Balaban J connectivity index is 1.69. The van der Waals surface area contributed by atoms with Crippen molar-refractivity contribution in [2.45, 2.75) is 26.9 Å². The smallest absolute Gasteiger partial charge is 0.336 e. The number of rotatable bonds is 3. The zero-order valence-electron chi connectivity index (χ0n) is 15.2. The van der Waals surface area contributed by atoms with Crippen LogP contribution in [0.25, 0.3) is 11.0 Å². The third kappa shape index (κ3) is 2.84. The Morgan fingerprint density at radius 2 is 2.00 bits per heavy atom. The molecule has 0 bridgehead atoms. The van der Waals surface area contributed by atoms with Crippen LogP contribution in [0.2, 0.25) is 0 Å². The summed E-state index contributed by atoms with van der Waals surface area (Å²) in [6, 6.07) is 11.6. The SMILES string of the molecule is COc1ccccc1CN1COc2c(cc3c(C)cc(=O)oc3c2C)C1. The number of ether oxygens (including phenoxy) is 2. The lowest BCUT2D eigenvalue weighted by molar-refractivity contribution is 0.0874. The largest absolute Gasteiger partial charge is 0.496 e. The summed E-state index contributed by atoms with van der Waals surface area (Å²) in [6.45, 7) is 5.86. The number of nitrogens with zero attached hydrogens (tertiary/aromatic N) is 1. The second-order valence-electron chi connectivity index (χ2n) is 6.69. The van der Waals surface area contributed by atoms with Crippen molar-refractivity contribution in [1.29, 1.82) is 0 Å². The van der Waals surface area contributed by atoms with Crippen LogP contribution in [0.1, 0.15) is 22.3 Å². The molecule has 0 N–H and O–H groups in total. The molecule has 0 saturated heterocycles. The van der Waals surface area contributed by atoms with Crippen molar-refractivity contribution in [1.82, 2.24) is 4.90 Å². The minimum atomic E-state index is -0.327. The number of fused-ring (bicyclic) bond motifs is 2. The molecule has 1 aliphatic rings. The standard InChI is InChI=1S/C21H21NO4/c1-13-8-19(23)26-21-14(2)20-16(9-17(13)21)11-22(12-25-20)10-15-6-4-5-7-18(15)24-3/h4-9H,10-12H2,1-3H3. The van der Waals surface area contributed by atoms with Gasteiger partial charge in [0.1, 0.15) is 23.8 Å². The van der Waals surface area contributed by atoms with E-state index in [1.165, 1.54) is 6.07 Å². The molecule has 26 heavy (non-hydrogen) atoms. The molecule has 0 aliphatic carbocycles. The first-order chi connectivity index (χ1) is 12.6. The van der Waals surface area contributed by atoms with Crippen molar-refractivity contribution < 1.29 is 13.9 Å². The Morgan fingerprint density at radius 3 is 2.81 bits per heavy atom. The first-order valence-electron chi connectivity index (χ1n) is 8.61. The first kappa shape index (κ1) is 16.7. The number of methoxy groups -OCH3 is 1. The lowest BCUT2D eigenvalue weighted by atomic mass is 10.0. The number of aryl methyl sites for hydroxylation is 2. The van der Waals surface area contributed by atoms with Gasteiger partial charge in [-0.2, -0.15) is 0 Å². The molecule has 0 radical (unpaired) electrons. The maximum atomic E-state index is 11.7. The summed E-state index contributed by atoms with van der Waals surface area (Å²) in [7, 11) is 1.69. The van der Waals surface area contributed by atoms with Gasteiger partial charge in [-0.3, -0.25) is 4.90 Å². The number of benzene rings is 2. The van der Waals surface area contributed by atoms with Gasteiger partial charge >= 0.3 is 5.63 Å². The van der Waals surface area contributed by atoms with Crippen LogP contribution in [0.4, 0.5) is 0 Å². The van der Waals surface area contributed by atoms with E-state index < -0.39 is 0 Å². The average molecular weight is 351 g/mol. The van der Waals surface area contributed by atoms with Gasteiger partial charge in [0.2, 0.25) is 0 Å². The molecule has 0 spiro atoms. The Kier molecular flexibility index (Phi) is 4.17. The summed E-state index contributed by atoms with van der Waals surface area (Å²) in [5, 5.41) is 0.962. The minimum absolute atomic E-state index is 0.327. The predicted molar refractivity (Wildman–Crippen MR) is 99.7 cm³/mol. The lowest BCUT2D eigenvalue weighted by Crippen LogP contribution is -2.32. The van der Waals surface area contributed by atoms with Crippen LogP contribution in [-0.2, 0) is 13.1 Å². The van der Waals surface area contributed by atoms with Crippen molar-refractivity contribution in [2.75, 3.05) is 13.8 Å². The van der Waals surface area contributed by atoms with Crippen LogP contribution < -0.4 is 15.1 Å². The molecule has 134 valence electrons. The predicted octanol–water partition coefficient (Wildman–Crippen LogP) is 3.77. The highest BCUT2D eigenvalue weighted by Gasteiger charge is 2.23. The van der Waals surface area contributed by atoms with Gasteiger partial charge in [-0.25, -0.2) is 4.79 Å². The highest BCUT2D eigenvalue weighted by molar-refractivity contribution is 5.86. The highest BCUT2D eigenvalue weighted by atomic mass is 16.5. The molecular weight excluding hydrogens is 330 g/mol. The van der Waals surface area contributed by atoms with E-state index in [0.29, 0.717) is 12.3 Å². The van der Waals surface area contributed by atoms with Gasteiger partial charge in [-0.15, -0.1) is 0 Å². The number of hydrogen-bond donors (Lipinski definition) is 0. The van der Waals surface area contributed by atoms with E-state index in [1.807, 2.05) is 32.0 Å². The summed E-state index contributed by atoms with van der Waals surface area (Å²) in [5.74, 6) is 1.70. The molecule has 2 heterocycles. The maximum absolute atomic E-state index is 11.7. The molecule has 5 nitrogen and oxygen atoms in total. The monoisotopic (exact) mass is 351 g/mol. The van der Waals surface area contributed by atoms with E-state index in [9.17, 15) is 4.79 Å². The molecular formula is C21H21NO4. The van der Waals surface area contributed by atoms with Crippen LogP contribution in [0.15, 0.2) is 45.6 Å². The Hall–Kier alpha value is -2.79. The summed E-state index contributed by atoms with van der Waals surface area (Å²) < 4.78 is 16.9. The van der Waals surface area contributed by atoms with Crippen molar-refractivity contribution in [3.8, 4) is 11.5 Å². The second-order valence-corrected chi connectivity index (χ2v) is 6.69. The van der Waals surface area contributed by atoms with Crippen LogP contribution in [0.3, 0.4) is 0 Å². The van der Waals surface area contributed by atoms with Gasteiger partial charge in [-0.05, 0) is 31.5 Å². The molecule has 2 aromatic carbocycles. The van der Waals surface area contributed by atoms with Crippen molar-refractivity contribution >= 4 is 11.0 Å². The van der Waals surface area contributed by atoms with Gasteiger partial charge in [0.05, 0.1) is 7.11 Å². The molecule has 0 amide bonds. The molecule has 1 aromatic heterocycles. The molecule has 0 fully saturated rings. The quantitative estimate of drug-likeness (QED) is 0.672. The molecule has 3 aromatic rings. The highest BCUT2D eigenvalue weighted by Crippen LogP contribution is 2.36. The molecule has 4 rings (SSSR count). The zero-order valence-corrected chi connectivity index (χ0v) is 15.2.